The molecule has 0 radical (unpaired) electrons. The predicted molar refractivity (Wildman–Crippen MR) is 89.6 cm³/mol. The van der Waals surface area contributed by atoms with E-state index >= 15 is 0 Å². The lowest BCUT2D eigenvalue weighted by Crippen LogP contribution is -2.42. The maximum atomic E-state index is 10.6. The zero-order valence-electron chi connectivity index (χ0n) is 14.8. The standard InChI is InChI=1S/C17H32O4Si/c1-17(2,3)22(4,5)19-12-14-7-9-16(21-14)15-8-6-13(20-15)10-11-18/h11,13-16H,6-10,12H2,1-5H3/t13-,14-,15-,16-/m1/s1. The van der Waals surface area contributed by atoms with Crippen LogP contribution < -0.4 is 0 Å². The second-order valence-electron chi connectivity index (χ2n) is 8.22. The quantitative estimate of drug-likeness (QED) is 0.551. The molecule has 0 amide bonds. The van der Waals surface area contributed by atoms with E-state index in [1.807, 2.05) is 0 Å². The zero-order chi connectivity index (χ0) is 16.4. The van der Waals surface area contributed by atoms with Gasteiger partial charge in [-0.2, -0.15) is 0 Å². The summed E-state index contributed by atoms with van der Waals surface area (Å²) < 4.78 is 18.4. The fraction of sp³-hybridized carbons (Fsp3) is 0.941. The maximum Gasteiger partial charge on any atom is 0.192 e. The Balaban J connectivity index is 1.75. The first-order chi connectivity index (χ1) is 10.2. The van der Waals surface area contributed by atoms with Crippen molar-refractivity contribution in [1.29, 1.82) is 0 Å². The average Bonchev–Trinajstić information content (AvgIpc) is 3.04. The van der Waals surface area contributed by atoms with Crippen LogP contribution in [0.4, 0.5) is 0 Å². The molecule has 2 heterocycles. The van der Waals surface area contributed by atoms with Gasteiger partial charge in [-0.3, -0.25) is 0 Å². The molecule has 5 heteroatoms. The second kappa shape index (κ2) is 7.12. The Hall–Kier alpha value is -0.233. The van der Waals surface area contributed by atoms with Gasteiger partial charge in [-0.25, -0.2) is 0 Å². The molecule has 0 aromatic heterocycles. The van der Waals surface area contributed by atoms with Gasteiger partial charge in [0, 0.05) is 6.42 Å². The third-order valence-corrected chi connectivity index (χ3v) is 9.99. The highest BCUT2D eigenvalue weighted by atomic mass is 28.4. The molecule has 22 heavy (non-hydrogen) atoms. The van der Waals surface area contributed by atoms with Crippen molar-refractivity contribution in [1.82, 2.24) is 0 Å². The third kappa shape index (κ3) is 4.40. The number of ether oxygens (including phenoxy) is 2. The van der Waals surface area contributed by atoms with E-state index in [9.17, 15) is 4.79 Å². The summed E-state index contributed by atoms with van der Waals surface area (Å²) in [5.41, 5.74) is 0. The molecule has 2 aliphatic heterocycles. The van der Waals surface area contributed by atoms with Crippen molar-refractivity contribution in [3.8, 4) is 0 Å². The van der Waals surface area contributed by atoms with Gasteiger partial charge in [-0.05, 0) is 43.8 Å². The molecule has 0 aromatic rings. The highest BCUT2D eigenvalue weighted by Gasteiger charge is 2.40. The first-order valence-electron chi connectivity index (χ1n) is 8.61. The van der Waals surface area contributed by atoms with Crippen LogP contribution in [0.2, 0.25) is 18.1 Å². The van der Waals surface area contributed by atoms with E-state index in [2.05, 4.69) is 33.9 Å². The van der Waals surface area contributed by atoms with Crippen molar-refractivity contribution >= 4 is 14.6 Å². The van der Waals surface area contributed by atoms with Gasteiger partial charge >= 0.3 is 0 Å². The van der Waals surface area contributed by atoms with E-state index in [-0.39, 0.29) is 29.5 Å². The molecule has 0 bridgehead atoms. The molecule has 0 aliphatic carbocycles. The summed E-state index contributed by atoms with van der Waals surface area (Å²) >= 11 is 0. The van der Waals surface area contributed by atoms with E-state index in [1.165, 1.54) is 0 Å². The predicted octanol–water partition coefficient (Wildman–Crippen LogP) is 3.69. The van der Waals surface area contributed by atoms with Crippen molar-refractivity contribution in [2.24, 2.45) is 0 Å². The summed E-state index contributed by atoms with van der Waals surface area (Å²) in [5.74, 6) is 0. The molecule has 0 spiro atoms. The molecule has 4 atom stereocenters. The van der Waals surface area contributed by atoms with E-state index in [0.717, 1.165) is 32.0 Å². The molecule has 0 N–H and O–H groups in total. The van der Waals surface area contributed by atoms with Crippen LogP contribution in [0.15, 0.2) is 0 Å². The number of carbonyl (C=O) groups excluding carboxylic acids is 1. The van der Waals surface area contributed by atoms with Crippen molar-refractivity contribution in [3.05, 3.63) is 0 Å². The molecule has 2 aliphatic rings. The van der Waals surface area contributed by atoms with Gasteiger partial charge in [0.05, 0.1) is 31.0 Å². The monoisotopic (exact) mass is 328 g/mol. The molecule has 2 fully saturated rings. The maximum absolute atomic E-state index is 10.6. The van der Waals surface area contributed by atoms with Gasteiger partial charge in [-0.15, -0.1) is 0 Å². The van der Waals surface area contributed by atoms with Crippen molar-refractivity contribution in [3.63, 3.8) is 0 Å². The van der Waals surface area contributed by atoms with E-state index in [0.29, 0.717) is 13.0 Å². The molecule has 2 rings (SSSR count). The second-order valence-corrected chi connectivity index (χ2v) is 13.0. The van der Waals surface area contributed by atoms with Crippen molar-refractivity contribution in [2.45, 2.75) is 95.4 Å². The fourth-order valence-electron chi connectivity index (χ4n) is 2.94. The van der Waals surface area contributed by atoms with Crippen molar-refractivity contribution < 1.29 is 18.7 Å². The molecular formula is C17H32O4Si. The summed E-state index contributed by atoms with van der Waals surface area (Å²) in [6.45, 7) is 12.1. The molecule has 0 saturated carbocycles. The lowest BCUT2D eigenvalue weighted by Gasteiger charge is -2.36. The SMILES string of the molecule is CC(C)(C)[Si](C)(C)OC[C@H]1CC[C@H]([C@H]2CC[C@H](CC=O)O2)O1. The lowest BCUT2D eigenvalue weighted by molar-refractivity contribution is -0.112. The van der Waals surface area contributed by atoms with Gasteiger partial charge in [0.1, 0.15) is 6.29 Å². The molecule has 0 aromatic carbocycles. The smallest absolute Gasteiger partial charge is 0.192 e. The minimum absolute atomic E-state index is 0.105. The Morgan fingerprint density at radius 3 is 2.14 bits per heavy atom. The van der Waals surface area contributed by atoms with Crippen LogP contribution in [0, 0.1) is 0 Å². The summed E-state index contributed by atoms with van der Waals surface area (Å²) in [5, 5.41) is 0.238. The summed E-state index contributed by atoms with van der Waals surface area (Å²) in [7, 11) is -1.70. The normalized spacial score (nSPS) is 33.3. The van der Waals surface area contributed by atoms with Crippen LogP contribution in [0.1, 0.15) is 52.9 Å². The number of hydrogen-bond acceptors (Lipinski definition) is 4. The molecule has 0 unspecified atom stereocenters. The topological polar surface area (TPSA) is 44.8 Å². The minimum Gasteiger partial charge on any atom is -0.414 e. The van der Waals surface area contributed by atoms with Crippen LogP contribution in [0.5, 0.6) is 0 Å². The van der Waals surface area contributed by atoms with Gasteiger partial charge < -0.3 is 18.7 Å². The highest BCUT2D eigenvalue weighted by Crippen LogP contribution is 2.38. The van der Waals surface area contributed by atoms with Crippen LogP contribution in [-0.2, 0) is 18.7 Å². The Kier molecular flexibility index (Phi) is 5.86. The fourth-order valence-corrected chi connectivity index (χ4v) is 3.97. The molecule has 2 saturated heterocycles. The van der Waals surface area contributed by atoms with Crippen LogP contribution >= 0.6 is 0 Å². The highest BCUT2D eigenvalue weighted by molar-refractivity contribution is 6.74. The van der Waals surface area contributed by atoms with E-state index in [1.54, 1.807) is 0 Å². The first kappa shape index (κ1) is 18.1. The summed E-state index contributed by atoms with van der Waals surface area (Å²) in [6.07, 6.45) is 6.22. The van der Waals surface area contributed by atoms with Gasteiger partial charge in [-0.1, -0.05) is 20.8 Å². The largest absolute Gasteiger partial charge is 0.414 e. The Labute approximate surface area is 136 Å². The Morgan fingerprint density at radius 2 is 1.59 bits per heavy atom. The van der Waals surface area contributed by atoms with Crippen LogP contribution in [-0.4, -0.2) is 45.6 Å². The Morgan fingerprint density at radius 1 is 1.05 bits per heavy atom. The first-order valence-corrected chi connectivity index (χ1v) is 11.5. The van der Waals surface area contributed by atoms with Gasteiger partial charge in [0.2, 0.25) is 0 Å². The molecular weight excluding hydrogens is 296 g/mol. The summed E-state index contributed by atoms with van der Waals surface area (Å²) in [4.78, 5) is 10.6. The van der Waals surface area contributed by atoms with Crippen molar-refractivity contribution in [2.75, 3.05) is 6.61 Å². The molecule has 4 nitrogen and oxygen atoms in total. The van der Waals surface area contributed by atoms with Crippen LogP contribution in [0.25, 0.3) is 0 Å². The minimum atomic E-state index is -1.70. The Bertz CT molecular complexity index is 377. The van der Waals surface area contributed by atoms with E-state index < -0.39 is 8.32 Å². The van der Waals surface area contributed by atoms with Crippen LogP contribution in [0.3, 0.4) is 0 Å². The lowest BCUT2D eigenvalue weighted by atomic mass is 10.1. The zero-order valence-corrected chi connectivity index (χ0v) is 15.8. The van der Waals surface area contributed by atoms with E-state index in [4.69, 9.17) is 13.9 Å². The average molecular weight is 329 g/mol. The number of rotatable bonds is 6. The summed E-state index contributed by atoms with van der Waals surface area (Å²) in [6, 6.07) is 0. The number of carbonyl (C=O) groups is 1. The number of hydrogen-bond donors (Lipinski definition) is 0. The number of aldehydes is 1. The molecule has 128 valence electrons. The third-order valence-electron chi connectivity index (χ3n) is 5.49. The van der Waals surface area contributed by atoms with Gasteiger partial charge in [0.15, 0.2) is 8.32 Å². The van der Waals surface area contributed by atoms with Gasteiger partial charge in [0.25, 0.3) is 0 Å².